The van der Waals surface area contributed by atoms with E-state index >= 15 is 0 Å². The molecular formula is C6H6N3NaO5. The predicted molar refractivity (Wildman–Crippen MR) is 41.4 cm³/mol. The Labute approximate surface area is 106 Å². The van der Waals surface area contributed by atoms with Crippen LogP contribution in [0.1, 0.15) is 10.5 Å². The van der Waals surface area contributed by atoms with Crippen molar-refractivity contribution in [2.24, 2.45) is 0 Å². The molecule has 1 rings (SSSR count). The van der Waals surface area contributed by atoms with E-state index in [1.54, 1.807) is 0 Å². The first kappa shape index (κ1) is 16.1. The molecule has 9 heteroatoms. The van der Waals surface area contributed by atoms with Gasteiger partial charge in [-0.15, -0.1) is 0 Å². The molecule has 0 fully saturated rings. The van der Waals surface area contributed by atoms with Gasteiger partial charge in [-0.3, -0.25) is 0 Å². The van der Waals surface area contributed by atoms with Crippen LogP contribution in [0.4, 0.5) is 10.6 Å². The number of carbonyl (C=O) groups is 2. The normalized spacial score (nSPS) is 7.73. The average Bonchev–Trinajstić information content (AvgIpc) is 2.03. The average molecular weight is 223 g/mol. The smallest absolute Gasteiger partial charge is 0.565 e. The third-order valence-corrected chi connectivity index (χ3v) is 0.929. The molecule has 0 saturated heterocycles. The van der Waals surface area contributed by atoms with Crippen LogP contribution in [0.5, 0.6) is 0 Å². The second kappa shape index (κ2) is 7.97. The quantitative estimate of drug-likeness (QED) is 0.404. The monoisotopic (exact) mass is 223 g/mol. The molecule has 8 nitrogen and oxygen atoms in total. The minimum Gasteiger partial charge on any atom is -0.565 e. The van der Waals surface area contributed by atoms with Crippen LogP contribution in [0, 0.1) is 0 Å². The molecule has 0 amide bonds. The summed E-state index contributed by atoms with van der Waals surface area (Å²) in [5, 5.41) is 23.7. The molecular weight excluding hydrogens is 217 g/mol. The molecule has 0 saturated carbocycles. The number of carboxylic acids is 1. The molecule has 0 atom stereocenters. The maximum absolute atomic E-state index is 10.2. The van der Waals surface area contributed by atoms with E-state index in [2.05, 4.69) is 9.97 Å². The summed E-state index contributed by atoms with van der Waals surface area (Å²) >= 11 is 0. The predicted octanol–water partition coefficient (Wildman–Crippen LogP) is -4.35. The molecule has 0 unspecified atom stereocenters. The van der Waals surface area contributed by atoms with Gasteiger partial charge in [0.05, 0.1) is 0 Å². The van der Waals surface area contributed by atoms with E-state index in [1.807, 2.05) is 0 Å². The maximum Gasteiger partial charge on any atom is 1.00 e. The van der Waals surface area contributed by atoms with Crippen LogP contribution in [-0.4, -0.2) is 32.3 Å². The van der Waals surface area contributed by atoms with Gasteiger partial charge in [0.25, 0.3) is 0 Å². The van der Waals surface area contributed by atoms with Crippen molar-refractivity contribution in [1.82, 2.24) is 9.97 Å². The molecule has 4 N–H and O–H groups in total. The fourth-order valence-corrected chi connectivity index (χ4v) is 0.514. The largest absolute Gasteiger partial charge is 1.00 e. The van der Waals surface area contributed by atoms with Gasteiger partial charge in [-0.2, -0.15) is 0 Å². The molecule has 76 valence electrons. The standard InChI is InChI=1S/C5H5N3O2.CH2O3.Na/c6-4-3(5(9)10)7-1-2-8-4;2-1(3)4;/h1-2H,(H2,6,8)(H,9,10);(H2,2,3,4);/q;;+1/p-1. The van der Waals surface area contributed by atoms with E-state index in [0.29, 0.717) is 0 Å². The van der Waals surface area contributed by atoms with Crippen LogP contribution in [0.2, 0.25) is 0 Å². The molecule has 1 aromatic rings. The molecule has 1 aromatic heterocycles. The van der Waals surface area contributed by atoms with Crippen molar-refractivity contribution in [3.05, 3.63) is 18.1 Å². The molecule has 0 aromatic carbocycles. The van der Waals surface area contributed by atoms with Crippen molar-refractivity contribution in [2.75, 3.05) is 5.73 Å². The first-order valence-corrected chi connectivity index (χ1v) is 3.15. The number of hydrogen-bond donors (Lipinski definition) is 3. The minimum atomic E-state index is -2.08. The van der Waals surface area contributed by atoms with Crippen molar-refractivity contribution >= 4 is 17.9 Å². The van der Waals surface area contributed by atoms with Crippen LogP contribution in [0.15, 0.2) is 12.4 Å². The summed E-state index contributed by atoms with van der Waals surface area (Å²) in [5.41, 5.74) is 4.96. The van der Waals surface area contributed by atoms with E-state index in [4.69, 9.17) is 25.8 Å². The summed E-state index contributed by atoms with van der Waals surface area (Å²) in [4.78, 5) is 25.7. The summed E-state index contributed by atoms with van der Waals surface area (Å²) in [5.74, 6) is -1.22. The van der Waals surface area contributed by atoms with Crippen molar-refractivity contribution in [3.8, 4) is 0 Å². The van der Waals surface area contributed by atoms with Crippen LogP contribution < -0.4 is 40.4 Å². The Hall–Kier alpha value is -1.38. The first-order chi connectivity index (χ1) is 6.45. The van der Waals surface area contributed by atoms with E-state index in [1.165, 1.54) is 12.4 Å². The fourth-order valence-electron chi connectivity index (χ4n) is 0.514. The van der Waals surface area contributed by atoms with E-state index in [-0.39, 0.29) is 41.1 Å². The van der Waals surface area contributed by atoms with Crippen molar-refractivity contribution < 1.29 is 54.5 Å². The number of carboxylic acid groups (broad SMARTS) is 3. The number of aromatic carboxylic acids is 1. The topological polar surface area (TPSA) is 149 Å². The molecule has 0 aliphatic heterocycles. The Bertz CT molecular complexity index is 341. The number of nitrogen functional groups attached to an aromatic ring is 1. The second-order valence-corrected chi connectivity index (χ2v) is 1.86. The molecule has 0 aliphatic rings. The zero-order chi connectivity index (χ0) is 11.1. The zero-order valence-electron chi connectivity index (χ0n) is 7.75. The number of rotatable bonds is 1. The summed E-state index contributed by atoms with van der Waals surface area (Å²) in [6.45, 7) is 0. The molecule has 0 spiro atoms. The van der Waals surface area contributed by atoms with Crippen LogP contribution >= 0.6 is 0 Å². The molecule has 0 aliphatic carbocycles. The Kier molecular flexibility index (Phi) is 8.54. The van der Waals surface area contributed by atoms with Crippen LogP contribution in [-0.2, 0) is 0 Å². The second-order valence-electron chi connectivity index (χ2n) is 1.86. The van der Waals surface area contributed by atoms with Gasteiger partial charge in [0, 0.05) is 12.4 Å². The Morgan fingerprint density at radius 3 is 1.93 bits per heavy atom. The number of nitrogens with zero attached hydrogens (tertiary/aromatic N) is 2. The maximum atomic E-state index is 10.2. The zero-order valence-corrected chi connectivity index (χ0v) is 9.75. The number of anilines is 1. The van der Waals surface area contributed by atoms with Crippen LogP contribution in [0.3, 0.4) is 0 Å². The van der Waals surface area contributed by atoms with Gasteiger partial charge in [-0.05, 0) is 0 Å². The number of hydrogen-bond acceptors (Lipinski definition) is 6. The summed E-state index contributed by atoms with van der Waals surface area (Å²) in [7, 11) is 0. The molecule has 0 bridgehead atoms. The fraction of sp³-hybridized carbons (Fsp3) is 0. The molecule has 15 heavy (non-hydrogen) atoms. The Morgan fingerprint density at radius 1 is 1.27 bits per heavy atom. The Balaban J connectivity index is 0. The van der Waals surface area contributed by atoms with Gasteiger partial charge in [0.15, 0.2) is 11.5 Å². The minimum absolute atomic E-state index is 0. The van der Waals surface area contributed by atoms with Gasteiger partial charge < -0.3 is 25.8 Å². The number of nitrogens with two attached hydrogens (primary N) is 1. The third kappa shape index (κ3) is 7.67. The van der Waals surface area contributed by atoms with E-state index < -0.39 is 12.1 Å². The van der Waals surface area contributed by atoms with Gasteiger partial charge in [-0.25, -0.2) is 14.8 Å². The van der Waals surface area contributed by atoms with E-state index in [0.717, 1.165) is 0 Å². The summed E-state index contributed by atoms with van der Waals surface area (Å²) in [6, 6.07) is 0. The van der Waals surface area contributed by atoms with E-state index in [9.17, 15) is 4.79 Å². The summed E-state index contributed by atoms with van der Waals surface area (Å²) < 4.78 is 0. The SMILES string of the molecule is Nc1nccnc1C(=O)O.O=C([O-])O.[Na+]. The van der Waals surface area contributed by atoms with Gasteiger partial charge >= 0.3 is 35.5 Å². The first-order valence-electron chi connectivity index (χ1n) is 3.15. The van der Waals surface area contributed by atoms with Crippen molar-refractivity contribution in [3.63, 3.8) is 0 Å². The third-order valence-electron chi connectivity index (χ3n) is 0.929. The van der Waals surface area contributed by atoms with Crippen molar-refractivity contribution in [2.45, 2.75) is 0 Å². The molecule has 0 radical (unpaired) electrons. The Morgan fingerprint density at radius 2 is 1.67 bits per heavy atom. The van der Waals surface area contributed by atoms with Gasteiger partial charge in [0.1, 0.15) is 0 Å². The number of aromatic nitrogens is 2. The van der Waals surface area contributed by atoms with Gasteiger partial charge in [-0.1, -0.05) is 0 Å². The van der Waals surface area contributed by atoms with Crippen LogP contribution in [0.25, 0.3) is 0 Å². The summed E-state index contributed by atoms with van der Waals surface area (Å²) in [6.07, 6.45) is 0.529. The van der Waals surface area contributed by atoms with Gasteiger partial charge in [0.2, 0.25) is 6.16 Å². The van der Waals surface area contributed by atoms with Crippen molar-refractivity contribution in [1.29, 1.82) is 0 Å². The molecule has 1 heterocycles.